The first-order chi connectivity index (χ1) is 8.56. The third kappa shape index (κ3) is 3.24. The summed E-state index contributed by atoms with van der Waals surface area (Å²) in [6.07, 6.45) is 0.763. The maximum atomic E-state index is 13.0. The van der Waals surface area contributed by atoms with E-state index in [2.05, 4.69) is 6.92 Å². The minimum absolute atomic E-state index is 0.284. The van der Waals surface area contributed by atoms with E-state index < -0.39 is 0 Å². The second kappa shape index (κ2) is 5.73. The zero-order valence-electron chi connectivity index (χ0n) is 9.96. The van der Waals surface area contributed by atoms with E-state index in [1.165, 1.54) is 12.1 Å². The summed E-state index contributed by atoms with van der Waals surface area (Å²) in [6.45, 7) is 2.10. The molecule has 18 heavy (non-hydrogen) atoms. The summed E-state index contributed by atoms with van der Waals surface area (Å²) in [6, 6.07) is 12.3. The number of hydrogen-bond acceptors (Lipinski definition) is 0. The molecular weight excluding hydrogens is 270 g/mol. The highest BCUT2D eigenvalue weighted by atomic mass is 35.5. The number of rotatable bonds is 3. The lowest BCUT2D eigenvalue weighted by molar-refractivity contribution is 0.626. The van der Waals surface area contributed by atoms with Crippen molar-refractivity contribution in [3.05, 3.63) is 69.5 Å². The largest absolute Gasteiger partial charge is 0.207 e. The quantitative estimate of drug-likeness (QED) is 0.699. The highest BCUT2D eigenvalue weighted by Crippen LogP contribution is 2.26. The van der Waals surface area contributed by atoms with Crippen molar-refractivity contribution in [3.63, 3.8) is 0 Å². The third-order valence-corrected chi connectivity index (χ3v) is 3.55. The van der Waals surface area contributed by atoms with E-state index in [4.69, 9.17) is 23.2 Å². The first-order valence-corrected chi connectivity index (χ1v) is 6.51. The molecule has 0 aliphatic rings. The maximum Gasteiger partial charge on any atom is 0.124 e. The molecule has 0 aromatic heterocycles. The molecule has 0 fully saturated rings. The van der Waals surface area contributed by atoms with Crippen molar-refractivity contribution in [1.29, 1.82) is 0 Å². The predicted octanol–water partition coefficient (Wildman–Crippen LogP) is 5.48. The van der Waals surface area contributed by atoms with Gasteiger partial charge in [-0.15, -0.1) is 0 Å². The van der Waals surface area contributed by atoms with E-state index in [0.717, 1.165) is 22.6 Å². The Bertz CT molecular complexity index is 552. The molecule has 0 unspecified atom stereocenters. The Hall–Kier alpha value is -1.05. The van der Waals surface area contributed by atoms with Crippen molar-refractivity contribution in [2.45, 2.75) is 19.3 Å². The van der Waals surface area contributed by atoms with Crippen LogP contribution in [0.2, 0.25) is 10.0 Å². The Kier molecular flexibility index (Phi) is 4.26. The Balaban J connectivity index is 2.18. The van der Waals surface area contributed by atoms with Crippen LogP contribution in [0.3, 0.4) is 0 Å². The minimum atomic E-state index is -0.306. The van der Waals surface area contributed by atoms with Gasteiger partial charge in [0, 0.05) is 10.0 Å². The van der Waals surface area contributed by atoms with Crippen LogP contribution in [0.1, 0.15) is 24.0 Å². The van der Waals surface area contributed by atoms with Gasteiger partial charge in [0.25, 0.3) is 0 Å². The first kappa shape index (κ1) is 13.4. The van der Waals surface area contributed by atoms with Crippen molar-refractivity contribution in [3.8, 4) is 0 Å². The van der Waals surface area contributed by atoms with Crippen LogP contribution < -0.4 is 0 Å². The molecular formula is C15H13Cl2F. The molecule has 0 heterocycles. The molecule has 0 N–H and O–H groups in total. The summed E-state index contributed by atoms with van der Waals surface area (Å²) >= 11 is 12.0. The summed E-state index contributed by atoms with van der Waals surface area (Å²) in [5.74, 6) is -0.0224. The van der Waals surface area contributed by atoms with Crippen molar-refractivity contribution in [2.75, 3.05) is 0 Å². The topological polar surface area (TPSA) is 0 Å². The van der Waals surface area contributed by atoms with Gasteiger partial charge < -0.3 is 0 Å². The van der Waals surface area contributed by atoms with Crippen molar-refractivity contribution >= 4 is 23.2 Å². The molecule has 0 saturated carbocycles. The highest BCUT2D eigenvalue weighted by molar-refractivity contribution is 6.31. The summed E-state index contributed by atoms with van der Waals surface area (Å²) in [5, 5.41) is 1.20. The smallest absolute Gasteiger partial charge is 0.124 e. The molecule has 0 radical (unpaired) electrons. The predicted molar refractivity (Wildman–Crippen MR) is 75.0 cm³/mol. The monoisotopic (exact) mass is 282 g/mol. The lowest BCUT2D eigenvalue weighted by Crippen LogP contribution is -1.99. The third-order valence-electron chi connectivity index (χ3n) is 2.96. The van der Waals surface area contributed by atoms with Gasteiger partial charge in [0.1, 0.15) is 5.82 Å². The van der Waals surface area contributed by atoms with Crippen LogP contribution in [0.25, 0.3) is 0 Å². The Labute approximate surface area is 116 Å². The van der Waals surface area contributed by atoms with E-state index in [1.54, 1.807) is 6.07 Å². The lowest BCUT2D eigenvalue weighted by atomic mass is 9.94. The average molecular weight is 283 g/mol. The van der Waals surface area contributed by atoms with Gasteiger partial charge in [-0.3, -0.25) is 0 Å². The van der Waals surface area contributed by atoms with E-state index in [9.17, 15) is 4.39 Å². The van der Waals surface area contributed by atoms with E-state index in [-0.39, 0.29) is 11.7 Å². The van der Waals surface area contributed by atoms with Crippen LogP contribution in [-0.4, -0.2) is 0 Å². The van der Waals surface area contributed by atoms with Crippen LogP contribution in [0.5, 0.6) is 0 Å². The second-order valence-corrected chi connectivity index (χ2v) is 5.24. The second-order valence-electron chi connectivity index (χ2n) is 4.40. The Morgan fingerprint density at radius 1 is 1.11 bits per heavy atom. The fourth-order valence-electron chi connectivity index (χ4n) is 1.95. The molecule has 0 bridgehead atoms. The highest BCUT2D eigenvalue weighted by Gasteiger charge is 2.10. The van der Waals surface area contributed by atoms with Gasteiger partial charge in [-0.25, -0.2) is 4.39 Å². The van der Waals surface area contributed by atoms with E-state index >= 15 is 0 Å². The van der Waals surface area contributed by atoms with Gasteiger partial charge in [-0.1, -0.05) is 48.3 Å². The molecule has 1 atom stereocenters. The molecule has 0 nitrogen and oxygen atoms in total. The Morgan fingerprint density at radius 2 is 1.89 bits per heavy atom. The van der Waals surface area contributed by atoms with Crippen LogP contribution >= 0.6 is 23.2 Å². The molecule has 0 saturated heterocycles. The summed E-state index contributed by atoms with van der Waals surface area (Å²) in [7, 11) is 0. The molecule has 0 aliphatic heterocycles. The SMILES string of the molecule is C[C@H](Cc1ccc(F)cc1Cl)c1cccc(Cl)c1. The average Bonchev–Trinajstić information content (AvgIpc) is 2.32. The van der Waals surface area contributed by atoms with Gasteiger partial charge in [0.2, 0.25) is 0 Å². The zero-order valence-corrected chi connectivity index (χ0v) is 11.5. The van der Waals surface area contributed by atoms with E-state index in [1.807, 2.05) is 24.3 Å². The molecule has 2 rings (SSSR count). The maximum absolute atomic E-state index is 13.0. The minimum Gasteiger partial charge on any atom is -0.207 e. The fourth-order valence-corrected chi connectivity index (χ4v) is 2.39. The first-order valence-electron chi connectivity index (χ1n) is 5.75. The standard InChI is InChI=1S/C15H13Cl2F/c1-10(11-3-2-4-13(16)8-11)7-12-5-6-14(18)9-15(12)17/h2-6,8-10H,7H2,1H3/t10-/m1/s1. The lowest BCUT2D eigenvalue weighted by Gasteiger charge is -2.13. The number of hydrogen-bond donors (Lipinski definition) is 0. The van der Waals surface area contributed by atoms with Crippen LogP contribution in [0.4, 0.5) is 4.39 Å². The number of halogens is 3. The molecule has 94 valence electrons. The summed E-state index contributed by atoms with van der Waals surface area (Å²) in [5.41, 5.74) is 2.11. The van der Waals surface area contributed by atoms with Gasteiger partial charge in [0.05, 0.1) is 0 Å². The van der Waals surface area contributed by atoms with Crippen LogP contribution in [0, 0.1) is 5.82 Å². The molecule has 3 heteroatoms. The van der Waals surface area contributed by atoms with Crippen molar-refractivity contribution < 1.29 is 4.39 Å². The van der Waals surface area contributed by atoms with Crippen molar-refractivity contribution in [1.82, 2.24) is 0 Å². The van der Waals surface area contributed by atoms with Crippen molar-refractivity contribution in [2.24, 2.45) is 0 Å². The van der Waals surface area contributed by atoms with E-state index in [0.29, 0.717) is 5.02 Å². The fraction of sp³-hybridized carbons (Fsp3) is 0.200. The normalized spacial score (nSPS) is 12.4. The zero-order chi connectivity index (χ0) is 13.1. The van der Waals surface area contributed by atoms with Crippen LogP contribution in [0.15, 0.2) is 42.5 Å². The summed E-state index contributed by atoms with van der Waals surface area (Å²) in [4.78, 5) is 0. The molecule has 2 aromatic carbocycles. The molecule has 0 amide bonds. The van der Waals surface area contributed by atoms with Gasteiger partial charge >= 0.3 is 0 Å². The Morgan fingerprint density at radius 3 is 2.56 bits per heavy atom. The molecule has 2 aromatic rings. The van der Waals surface area contributed by atoms with Gasteiger partial charge in [0.15, 0.2) is 0 Å². The van der Waals surface area contributed by atoms with Crippen LogP contribution in [-0.2, 0) is 6.42 Å². The summed E-state index contributed by atoms with van der Waals surface area (Å²) < 4.78 is 13.0. The van der Waals surface area contributed by atoms with Gasteiger partial charge in [-0.2, -0.15) is 0 Å². The number of benzene rings is 2. The molecule has 0 spiro atoms. The van der Waals surface area contributed by atoms with Gasteiger partial charge in [-0.05, 0) is 47.7 Å². The molecule has 0 aliphatic carbocycles.